The molecule has 1 aliphatic rings. The topological polar surface area (TPSA) is 108 Å². The van der Waals surface area contributed by atoms with Gasteiger partial charge in [0.05, 0.1) is 23.6 Å². The second-order valence-corrected chi connectivity index (χ2v) is 5.53. The van der Waals surface area contributed by atoms with Crippen molar-refractivity contribution in [2.24, 2.45) is 11.8 Å². The highest BCUT2D eigenvalue weighted by Crippen LogP contribution is 2.38. The maximum absolute atomic E-state index is 12.1. The smallest absolute Gasteiger partial charge is 0.309 e. The number of non-ortho nitro benzene ring substituents is 1. The molecule has 0 unspecified atom stereocenters. The molecule has 8 heteroatoms. The SMILES string of the molecule is COc1ccc([N+](=O)[O-])cc1NC(=O)[C@H](C)OC(=O)[C@H]1C[C@@H]1C. The quantitative estimate of drug-likeness (QED) is 0.488. The second kappa shape index (κ2) is 6.64. The van der Waals surface area contributed by atoms with Crippen molar-refractivity contribution in [2.75, 3.05) is 12.4 Å². The molecular weight excluding hydrogens is 304 g/mol. The molecule has 1 fully saturated rings. The van der Waals surface area contributed by atoms with Crippen LogP contribution in [0.5, 0.6) is 5.75 Å². The fourth-order valence-corrected chi connectivity index (χ4v) is 2.11. The molecule has 0 aliphatic heterocycles. The molecule has 1 amide bonds. The molecule has 23 heavy (non-hydrogen) atoms. The molecule has 1 aromatic carbocycles. The van der Waals surface area contributed by atoms with Gasteiger partial charge in [-0.25, -0.2) is 0 Å². The molecular formula is C15H18N2O6. The third-order valence-electron chi connectivity index (χ3n) is 3.73. The maximum atomic E-state index is 12.1. The number of carbonyl (C=O) groups excluding carboxylic acids is 2. The predicted molar refractivity (Wildman–Crippen MR) is 81.1 cm³/mol. The summed E-state index contributed by atoms with van der Waals surface area (Å²) in [5, 5.41) is 13.3. The Balaban J connectivity index is 2.04. The molecule has 0 bridgehead atoms. The van der Waals surface area contributed by atoms with E-state index in [9.17, 15) is 19.7 Å². The number of amides is 1. The lowest BCUT2D eigenvalue weighted by molar-refractivity contribution is -0.384. The minimum atomic E-state index is -1.00. The van der Waals surface area contributed by atoms with E-state index in [1.165, 1.54) is 32.2 Å². The van der Waals surface area contributed by atoms with Gasteiger partial charge in [0.25, 0.3) is 11.6 Å². The van der Waals surface area contributed by atoms with Crippen molar-refractivity contribution in [2.45, 2.75) is 26.4 Å². The molecule has 124 valence electrons. The summed E-state index contributed by atoms with van der Waals surface area (Å²) in [5.41, 5.74) is -0.0352. The number of rotatable bonds is 6. The Kier molecular flexibility index (Phi) is 4.83. The molecule has 1 aliphatic carbocycles. The Bertz CT molecular complexity index is 645. The number of carbonyl (C=O) groups is 2. The first-order valence-electron chi connectivity index (χ1n) is 7.17. The van der Waals surface area contributed by atoms with Crippen LogP contribution in [-0.2, 0) is 14.3 Å². The summed E-state index contributed by atoms with van der Waals surface area (Å²) in [6, 6.07) is 3.84. The van der Waals surface area contributed by atoms with E-state index in [1.54, 1.807) is 0 Å². The maximum Gasteiger partial charge on any atom is 0.309 e. The van der Waals surface area contributed by atoms with Crippen LogP contribution in [0, 0.1) is 22.0 Å². The van der Waals surface area contributed by atoms with Crippen LogP contribution in [0.3, 0.4) is 0 Å². The van der Waals surface area contributed by atoms with Gasteiger partial charge in [0.15, 0.2) is 6.10 Å². The lowest BCUT2D eigenvalue weighted by atomic mass is 10.2. The number of benzene rings is 1. The van der Waals surface area contributed by atoms with E-state index in [-0.39, 0.29) is 29.0 Å². The van der Waals surface area contributed by atoms with Gasteiger partial charge in [-0.1, -0.05) is 6.92 Å². The van der Waals surface area contributed by atoms with Crippen LogP contribution in [0.4, 0.5) is 11.4 Å². The van der Waals surface area contributed by atoms with E-state index in [1.807, 2.05) is 6.92 Å². The van der Waals surface area contributed by atoms with Crippen molar-refractivity contribution in [1.29, 1.82) is 0 Å². The van der Waals surface area contributed by atoms with Crippen LogP contribution in [0.1, 0.15) is 20.3 Å². The molecule has 1 saturated carbocycles. The Morgan fingerprint density at radius 2 is 2.09 bits per heavy atom. The van der Waals surface area contributed by atoms with Crippen LogP contribution in [0.2, 0.25) is 0 Å². The van der Waals surface area contributed by atoms with Crippen molar-refractivity contribution in [3.05, 3.63) is 28.3 Å². The largest absolute Gasteiger partial charge is 0.495 e. The van der Waals surface area contributed by atoms with Crippen molar-refractivity contribution >= 4 is 23.3 Å². The molecule has 0 spiro atoms. The summed E-state index contributed by atoms with van der Waals surface area (Å²) in [7, 11) is 1.38. The van der Waals surface area contributed by atoms with Crippen LogP contribution < -0.4 is 10.1 Å². The molecule has 0 aromatic heterocycles. The number of nitrogens with zero attached hydrogens (tertiary/aromatic N) is 1. The van der Waals surface area contributed by atoms with Gasteiger partial charge in [-0.2, -0.15) is 0 Å². The zero-order valence-electron chi connectivity index (χ0n) is 13.1. The number of nitro benzene ring substituents is 1. The van der Waals surface area contributed by atoms with Gasteiger partial charge in [-0.05, 0) is 25.3 Å². The summed E-state index contributed by atoms with van der Waals surface area (Å²) in [5.74, 6) is -0.554. The molecule has 0 heterocycles. The van der Waals surface area contributed by atoms with Gasteiger partial charge >= 0.3 is 5.97 Å². The summed E-state index contributed by atoms with van der Waals surface area (Å²) < 4.78 is 10.2. The van der Waals surface area contributed by atoms with Crippen LogP contribution in [-0.4, -0.2) is 30.0 Å². The highest BCUT2D eigenvalue weighted by molar-refractivity contribution is 5.96. The lowest BCUT2D eigenvalue weighted by Gasteiger charge is -2.15. The van der Waals surface area contributed by atoms with E-state index >= 15 is 0 Å². The first-order chi connectivity index (χ1) is 10.8. The van der Waals surface area contributed by atoms with Crippen molar-refractivity contribution < 1.29 is 24.0 Å². The Hall–Kier alpha value is -2.64. The van der Waals surface area contributed by atoms with Gasteiger partial charge in [0.1, 0.15) is 5.75 Å². The highest BCUT2D eigenvalue weighted by Gasteiger charge is 2.41. The van der Waals surface area contributed by atoms with Crippen molar-refractivity contribution in [3.8, 4) is 5.75 Å². The Morgan fingerprint density at radius 3 is 2.61 bits per heavy atom. The number of anilines is 1. The fraction of sp³-hybridized carbons (Fsp3) is 0.467. The van der Waals surface area contributed by atoms with Gasteiger partial charge < -0.3 is 14.8 Å². The minimum Gasteiger partial charge on any atom is -0.495 e. The van der Waals surface area contributed by atoms with Gasteiger partial charge in [0, 0.05) is 12.1 Å². The summed E-state index contributed by atoms with van der Waals surface area (Å²) in [6.45, 7) is 3.38. The van der Waals surface area contributed by atoms with Crippen molar-refractivity contribution in [1.82, 2.24) is 0 Å². The lowest BCUT2D eigenvalue weighted by Crippen LogP contribution is -2.30. The number of methoxy groups -OCH3 is 1. The van der Waals surface area contributed by atoms with E-state index in [2.05, 4.69) is 5.32 Å². The number of esters is 1. The molecule has 2 rings (SSSR count). The monoisotopic (exact) mass is 322 g/mol. The van der Waals surface area contributed by atoms with E-state index in [0.717, 1.165) is 6.42 Å². The molecule has 3 atom stereocenters. The zero-order valence-corrected chi connectivity index (χ0v) is 13.1. The number of nitrogens with one attached hydrogen (secondary N) is 1. The highest BCUT2D eigenvalue weighted by atomic mass is 16.6. The van der Waals surface area contributed by atoms with Crippen molar-refractivity contribution in [3.63, 3.8) is 0 Å². The number of hydrogen-bond acceptors (Lipinski definition) is 6. The van der Waals surface area contributed by atoms with E-state index in [4.69, 9.17) is 9.47 Å². The number of ether oxygens (including phenoxy) is 2. The standard InChI is InChI=1S/C15H18N2O6/c1-8-6-11(8)15(19)23-9(2)14(18)16-12-7-10(17(20)21)4-5-13(12)22-3/h4-5,7-9,11H,6H2,1-3H3,(H,16,18)/t8-,9-,11-/m0/s1. The first-order valence-corrected chi connectivity index (χ1v) is 7.17. The zero-order chi connectivity index (χ0) is 17.1. The third-order valence-corrected chi connectivity index (χ3v) is 3.73. The minimum absolute atomic E-state index is 0.141. The average molecular weight is 322 g/mol. The summed E-state index contributed by atoms with van der Waals surface area (Å²) in [4.78, 5) is 34.1. The van der Waals surface area contributed by atoms with Crippen LogP contribution >= 0.6 is 0 Å². The molecule has 1 N–H and O–H groups in total. The van der Waals surface area contributed by atoms with Gasteiger partial charge in [0.2, 0.25) is 0 Å². The normalized spacial score (nSPS) is 20.3. The molecule has 1 aromatic rings. The average Bonchev–Trinajstić information content (AvgIpc) is 3.24. The first kappa shape index (κ1) is 16.7. The third kappa shape index (κ3) is 3.97. The molecule has 8 nitrogen and oxygen atoms in total. The Morgan fingerprint density at radius 1 is 1.43 bits per heavy atom. The predicted octanol–water partition coefficient (Wildman–Crippen LogP) is 2.13. The van der Waals surface area contributed by atoms with Crippen LogP contribution in [0.25, 0.3) is 0 Å². The number of nitro groups is 1. The Labute approximate surface area is 132 Å². The molecule has 0 radical (unpaired) electrons. The molecule has 0 saturated heterocycles. The van der Waals surface area contributed by atoms with Crippen LogP contribution in [0.15, 0.2) is 18.2 Å². The second-order valence-electron chi connectivity index (χ2n) is 5.53. The van der Waals surface area contributed by atoms with E-state index < -0.39 is 22.9 Å². The fourth-order valence-electron chi connectivity index (χ4n) is 2.11. The number of hydrogen-bond donors (Lipinski definition) is 1. The van der Waals surface area contributed by atoms with Gasteiger partial charge in [-0.15, -0.1) is 0 Å². The summed E-state index contributed by atoms with van der Waals surface area (Å²) in [6.07, 6.45) is -0.231. The summed E-state index contributed by atoms with van der Waals surface area (Å²) >= 11 is 0. The van der Waals surface area contributed by atoms with E-state index in [0.29, 0.717) is 0 Å². The van der Waals surface area contributed by atoms with Gasteiger partial charge in [-0.3, -0.25) is 19.7 Å².